The summed E-state index contributed by atoms with van der Waals surface area (Å²) in [6.07, 6.45) is 1.46. The highest BCUT2D eigenvalue weighted by atomic mass is 79.9. The van der Waals surface area contributed by atoms with Crippen molar-refractivity contribution in [2.24, 2.45) is 0 Å². The maximum absolute atomic E-state index is 12.6. The molecule has 12 heteroatoms. The first-order valence-corrected chi connectivity index (χ1v) is 14.9. The smallest absolute Gasteiger partial charge is 0.261 e. The van der Waals surface area contributed by atoms with Crippen LogP contribution in [-0.4, -0.2) is 35.5 Å². The van der Waals surface area contributed by atoms with Gasteiger partial charge in [0.15, 0.2) is 0 Å². The maximum atomic E-state index is 12.6. The van der Waals surface area contributed by atoms with Gasteiger partial charge in [-0.2, -0.15) is 0 Å². The lowest BCUT2D eigenvalue weighted by Gasteiger charge is -2.22. The van der Waals surface area contributed by atoms with Crippen molar-refractivity contribution in [2.75, 3.05) is 27.1 Å². The zero-order chi connectivity index (χ0) is 25.6. The van der Waals surface area contributed by atoms with E-state index in [1.165, 1.54) is 28.6 Å². The number of carbonyl (C=O) groups excluding carboxylic acids is 1. The number of sulfonamides is 2. The maximum Gasteiger partial charge on any atom is 0.261 e. The third kappa shape index (κ3) is 7.96. The van der Waals surface area contributed by atoms with Crippen molar-refractivity contribution in [1.82, 2.24) is 0 Å². The van der Waals surface area contributed by atoms with Gasteiger partial charge in [-0.3, -0.25) is 13.8 Å². The Kier molecular flexibility index (Phi) is 8.81. The molecule has 0 fully saturated rings. The average Bonchev–Trinajstić information content (AvgIpc) is 2.78. The standard InChI is InChI=1S/C23H23BrClN3O5S2/c1-34(30,31)28(21-12-6-18(25)7-13-21)16-2-3-23(29)26-19-10-14-22(15-11-19)35(32,33)27-20-8-4-17(24)5-9-20/h4-15,27H,2-3,16H2,1H3,(H,26,29). The zero-order valence-corrected chi connectivity index (χ0v) is 22.6. The van der Waals surface area contributed by atoms with E-state index in [2.05, 4.69) is 26.0 Å². The number of benzene rings is 3. The first-order chi connectivity index (χ1) is 16.4. The van der Waals surface area contributed by atoms with Gasteiger partial charge < -0.3 is 5.32 Å². The number of anilines is 3. The average molecular weight is 601 g/mol. The van der Waals surface area contributed by atoms with Crippen LogP contribution in [0, 0.1) is 0 Å². The van der Waals surface area contributed by atoms with E-state index in [1.807, 2.05) is 0 Å². The largest absolute Gasteiger partial charge is 0.326 e. The minimum absolute atomic E-state index is 0.0465. The van der Waals surface area contributed by atoms with E-state index >= 15 is 0 Å². The molecule has 0 spiro atoms. The number of amides is 1. The molecule has 0 heterocycles. The molecular weight excluding hydrogens is 578 g/mol. The molecule has 0 atom stereocenters. The van der Waals surface area contributed by atoms with Crippen molar-refractivity contribution in [1.29, 1.82) is 0 Å². The lowest BCUT2D eigenvalue weighted by Crippen LogP contribution is -2.31. The number of nitrogens with one attached hydrogen (secondary N) is 2. The Morgan fingerprint density at radius 2 is 1.46 bits per heavy atom. The van der Waals surface area contributed by atoms with Gasteiger partial charge in [0.1, 0.15) is 0 Å². The molecule has 0 aliphatic heterocycles. The summed E-state index contributed by atoms with van der Waals surface area (Å²) in [7, 11) is -7.32. The quantitative estimate of drug-likeness (QED) is 0.337. The molecule has 3 aromatic carbocycles. The predicted molar refractivity (Wildman–Crippen MR) is 143 cm³/mol. The first kappa shape index (κ1) is 27.0. The molecule has 0 radical (unpaired) electrons. The third-order valence-corrected chi connectivity index (χ3v) is 8.20. The van der Waals surface area contributed by atoms with Crippen molar-refractivity contribution in [3.05, 3.63) is 82.3 Å². The Labute approximate surface area is 218 Å². The first-order valence-electron chi connectivity index (χ1n) is 10.4. The van der Waals surface area contributed by atoms with E-state index in [1.54, 1.807) is 48.5 Å². The van der Waals surface area contributed by atoms with Gasteiger partial charge in [-0.15, -0.1) is 0 Å². The molecule has 35 heavy (non-hydrogen) atoms. The molecule has 1 amide bonds. The van der Waals surface area contributed by atoms with E-state index in [0.717, 1.165) is 10.7 Å². The zero-order valence-electron chi connectivity index (χ0n) is 18.6. The van der Waals surface area contributed by atoms with Crippen LogP contribution in [0.3, 0.4) is 0 Å². The number of hydrogen-bond donors (Lipinski definition) is 2. The predicted octanol–water partition coefficient (Wildman–Crippen LogP) is 5.09. The van der Waals surface area contributed by atoms with E-state index in [-0.39, 0.29) is 30.2 Å². The van der Waals surface area contributed by atoms with Crippen LogP contribution in [0.2, 0.25) is 5.02 Å². The van der Waals surface area contributed by atoms with Gasteiger partial charge in [-0.25, -0.2) is 16.8 Å². The van der Waals surface area contributed by atoms with Crippen molar-refractivity contribution >= 4 is 70.5 Å². The van der Waals surface area contributed by atoms with E-state index in [4.69, 9.17) is 11.6 Å². The Morgan fingerprint density at radius 3 is 2.03 bits per heavy atom. The fourth-order valence-electron chi connectivity index (χ4n) is 3.15. The molecule has 0 aliphatic rings. The van der Waals surface area contributed by atoms with Gasteiger partial charge >= 0.3 is 0 Å². The lowest BCUT2D eigenvalue weighted by molar-refractivity contribution is -0.116. The summed E-state index contributed by atoms with van der Waals surface area (Å²) < 4.78 is 54.0. The molecule has 0 bridgehead atoms. The van der Waals surface area contributed by atoms with Crippen molar-refractivity contribution in [2.45, 2.75) is 17.7 Å². The monoisotopic (exact) mass is 599 g/mol. The summed E-state index contributed by atoms with van der Waals surface area (Å²) in [5.74, 6) is -0.321. The second-order valence-corrected chi connectivity index (χ2v) is 12.5. The molecule has 0 saturated carbocycles. The van der Waals surface area contributed by atoms with Crippen LogP contribution in [0.1, 0.15) is 12.8 Å². The van der Waals surface area contributed by atoms with Gasteiger partial charge in [0.25, 0.3) is 10.0 Å². The number of carbonyl (C=O) groups is 1. The van der Waals surface area contributed by atoms with Gasteiger partial charge in [0.05, 0.1) is 16.8 Å². The molecule has 0 unspecified atom stereocenters. The van der Waals surface area contributed by atoms with E-state index < -0.39 is 20.0 Å². The minimum atomic E-state index is -3.79. The number of nitrogens with zero attached hydrogens (tertiary/aromatic N) is 1. The van der Waals surface area contributed by atoms with Crippen molar-refractivity contribution in [3.8, 4) is 0 Å². The number of rotatable bonds is 10. The van der Waals surface area contributed by atoms with Crippen molar-refractivity contribution in [3.63, 3.8) is 0 Å². The second-order valence-electron chi connectivity index (χ2n) is 7.60. The summed E-state index contributed by atoms with van der Waals surface area (Å²) in [6, 6.07) is 18.9. The minimum Gasteiger partial charge on any atom is -0.326 e. The van der Waals surface area contributed by atoms with Gasteiger partial charge in [0, 0.05) is 33.8 Å². The van der Waals surface area contributed by atoms with Crippen LogP contribution in [0.5, 0.6) is 0 Å². The SMILES string of the molecule is CS(=O)(=O)N(CCCC(=O)Nc1ccc(S(=O)(=O)Nc2ccc(Br)cc2)cc1)c1ccc(Cl)cc1. The Morgan fingerprint density at radius 1 is 0.886 bits per heavy atom. The van der Waals surface area contributed by atoms with Crippen LogP contribution < -0.4 is 14.3 Å². The summed E-state index contributed by atoms with van der Waals surface area (Å²) in [5.41, 5.74) is 1.31. The molecular formula is C23H23BrClN3O5S2. The fraction of sp³-hybridized carbons (Fsp3) is 0.174. The fourth-order valence-corrected chi connectivity index (χ4v) is 5.56. The summed E-state index contributed by atoms with van der Waals surface area (Å²) in [4.78, 5) is 12.4. The molecule has 0 aliphatic carbocycles. The summed E-state index contributed by atoms with van der Waals surface area (Å²) in [6.45, 7) is 0.118. The van der Waals surface area contributed by atoms with Crippen LogP contribution in [0.15, 0.2) is 82.2 Å². The van der Waals surface area contributed by atoms with Crippen LogP contribution in [-0.2, 0) is 24.8 Å². The molecule has 0 saturated heterocycles. The highest BCUT2D eigenvalue weighted by Crippen LogP contribution is 2.22. The van der Waals surface area contributed by atoms with Crippen molar-refractivity contribution < 1.29 is 21.6 Å². The lowest BCUT2D eigenvalue weighted by atomic mass is 10.2. The topological polar surface area (TPSA) is 113 Å². The molecule has 0 aromatic heterocycles. The van der Waals surface area contributed by atoms with Gasteiger partial charge in [-0.1, -0.05) is 27.5 Å². The Balaban J connectivity index is 1.56. The molecule has 2 N–H and O–H groups in total. The molecule has 3 aromatic rings. The highest BCUT2D eigenvalue weighted by Gasteiger charge is 2.18. The summed E-state index contributed by atoms with van der Waals surface area (Å²) in [5, 5.41) is 3.18. The molecule has 3 rings (SSSR count). The van der Waals surface area contributed by atoms with E-state index in [0.29, 0.717) is 22.1 Å². The third-order valence-electron chi connectivity index (χ3n) is 4.82. The van der Waals surface area contributed by atoms with Crippen LogP contribution in [0.25, 0.3) is 0 Å². The second kappa shape index (κ2) is 11.4. The normalized spacial score (nSPS) is 11.6. The van der Waals surface area contributed by atoms with Crippen LogP contribution >= 0.6 is 27.5 Å². The number of halogens is 2. The van der Waals surface area contributed by atoms with E-state index in [9.17, 15) is 21.6 Å². The van der Waals surface area contributed by atoms with Gasteiger partial charge in [-0.05, 0) is 79.2 Å². The Bertz CT molecular complexity index is 1380. The molecule has 8 nitrogen and oxygen atoms in total. The Hall–Kier alpha value is -2.60. The summed E-state index contributed by atoms with van der Waals surface area (Å²) >= 11 is 9.17. The van der Waals surface area contributed by atoms with Crippen LogP contribution in [0.4, 0.5) is 17.1 Å². The highest BCUT2D eigenvalue weighted by molar-refractivity contribution is 9.10. The number of hydrogen-bond acceptors (Lipinski definition) is 5. The van der Waals surface area contributed by atoms with Gasteiger partial charge in [0.2, 0.25) is 15.9 Å². The molecule has 186 valence electrons.